The largest absolute Gasteiger partial charge is 0.392 e. The van der Waals surface area contributed by atoms with Gasteiger partial charge in [0.05, 0.1) is 12.6 Å². The van der Waals surface area contributed by atoms with E-state index in [-0.39, 0.29) is 18.5 Å². The molecule has 10 heteroatoms. The second-order valence-corrected chi connectivity index (χ2v) is 5.09. The van der Waals surface area contributed by atoms with Crippen LogP contribution >= 0.6 is 0 Å². The van der Waals surface area contributed by atoms with E-state index in [9.17, 15) is 14.9 Å². The summed E-state index contributed by atoms with van der Waals surface area (Å²) in [6, 6.07) is 6.52. The van der Waals surface area contributed by atoms with Gasteiger partial charge in [-0.05, 0) is 24.0 Å². The topological polar surface area (TPSA) is 169 Å². The highest BCUT2D eigenvalue weighted by Crippen LogP contribution is 2.04. The first-order valence-electron chi connectivity index (χ1n) is 7.36. The van der Waals surface area contributed by atoms with Crippen LogP contribution in [0.4, 0.5) is 0 Å². The molecule has 0 aliphatic rings. The van der Waals surface area contributed by atoms with Crippen LogP contribution < -0.4 is 22.1 Å². The molecule has 0 aromatic heterocycles. The summed E-state index contributed by atoms with van der Waals surface area (Å²) in [7, 11) is 0. The quantitative estimate of drug-likeness (QED) is 0.126. The third kappa shape index (κ3) is 7.51. The van der Waals surface area contributed by atoms with E-state index in [0.29, 0.717) is 25.9 Å². The lowest BCUT2D eigenvalue weighted by molar-refractivity contribution is -0.485. The van der Waals surface area contributed by atoms with Crippen molar-refractivity contribution in [3.05, 3.63) is 45.5 Å². The van der Waals surface area contributed by atoms with Crippen molar-refractivity contribution in [2.75, 3.05) is 6.54 Å². The number of benzene rings is 1. The lowest BCUT2D eigenvalue weighted by Gasteiger charge is -2.12. The molecular formula is C14H22N6O4. The van der Waals surface area contributed by atoms with Gasteiger partial charge in [-0.25, -0.2) is 10.1 Å². The Morgan fingerprint density at radius 1 is 1.29 bits per heavy atom. The zero-order valence-electron chi connectivity index (χ0n) is 13.1. The van der Waals surface area contributed by atoms with Crippen molar-refractivity contribution in [2.45, 2.75) is 32.0 Å². The Morgan fingerprint density at radius 2 is 1.92 bits per heavy atom. The number of nitrogens with one attached hydrogen (secondary N) is 2. The molecule has 0 fully saturated rings. The fraction of sp³-hybridized carbons (Fsp3) is 0.429. The molecule has 1 atom stereocenters. The first kappa shape index (κ1) is 19.3. The second-order valence-electron chi connectivity index (χ2n) is 5.09. The van der Waals surface area contributed by atoms with Gasteiger partial charge in [0.1, 0.15) is 5.10 Å². The predicted octanol–water partition coefficient (Wildman–Crippen LogP) is -1.00. The van der Waals surface area contributed by atoms with Crippen LogP contribution in [0.1, 0.15) is 24.0 Å². The minimum Gasteiger partial charge on any atom is -0.392 e. The van der Waals surface area contributed by atoms with Gasteiger partial charge in [0.15, 0.2) is 5.03 Å². The summed E-state index contributed by atoms with van der Waals surface area (Å²) >= 11 is 0. The molecule has 7 N–H and O–H groups in total. The summed E-state index contributed by atoms with van der Waals surface area (Å²) in [6.07, 6.45) is 0.905. The molecule has 0 bridgehead atoms. The summed E-state index contributed by atoms with van der Waals surface area (Å²) in [5.74, 6) is -0.572. The molecule has 0 saturated carbocycles. The normalized spacial score (nSPS) is 12.5. The number of aliphatic hydroxyl groups excluding tert-OH is 1. The van der Waals surface area contributed by atoms with Gasteiger partial charge in [0, 0.05) is 13.1 Å². The fourth-order valence-electron chi connectivity index (χ4n) is 1.88. The number of guanidine groups is 1. The van der Waals surface area contributed by atoms with E-state index in [2.05, 4.69) is 15.7 Å². The molecule has 0 aliphatic heterocycles. The highest BCUT2D eigenvalue weighted by Gasteiger charge is 2.12. The highest BCUT2D eigenvalue weighted by atomic mass is 16.7. The first-order valence-corrected chi connectivity index (χ1v) is 7.36. The van der Waals surface area contributed by atoms with Crippen molar-refractivity contribution >= 4 is 11.9 Å². The number of nitrogens with zero attached hydrogens (tertiary/aromatic N) is 2. The van der Waals surface area contributed by atoms with Crippen molar-refractivity contribution in [3.63, 3.8) is 0 Å². The number of nitrogens with two attached hydrogens (primary N) is 2. The maximum atomic E-state index is 11.9. The molecule has 0 radical (unpaired) electrons. The molecule has 1 aromatic rings. The lowest BCUT2D eigenvalue weighted by atomic mass is 10.1. The zero-order chi connectivity index (χ0) is 17.9. The molecule has 10 nitrogen and oxygen atoms in total. The number of carbonyl (C=O) groups excluding carboxylic acids is 1. The van der Waals surface area contributed by atoms with Crippen LogP contribution in [0.2, 0.25) is 0 Å². The van der Waals surface area contributed by atoms with Gasteiger partial charge in [0.25, 0.3) is 5.96 Å². The number of aliphatic hydroxyl groups is 1. The zero-order valence-corrected chi connectivity index (χ0v) is 13.1. The third-order valence-electron chi connectivity index (χ3n) is 3.20. The summed E-state index contributed by atoms with van der Waals surface area (Å²) in [5, 5.41) is 26.3. The van der Waals surface area contributed by atoms with Crippen LogP contribution in [-0.4, -0.2) is 34.6 Å². The van der Waals surface area contributed by atoms with Crippen molar-refractivity contribution in [1.29, 1.82) is 0 Å². The van der Waals surface area contributed by atoms with E-state index in [1.54, 1.807) is 12.1 Å². The van der Waals surface area contributed by atoms with E-state index in [0.717, 1.165) is 11.1 Å². The third-order valence-corrected chi connectivity index (χ3v) is 3.20. The molecule has 0 aliphatic carbocycles. The molecule has 1 amide bonds. The van der Waals surface area contributed by atoms with Crippen LogP contribution in [0, 0.1) is 10.1 Å². The first-order chi connectivity index (χ1) is 11.4. The Morgan fingerprint density at radius 3 is 2.50 bits per heavy atom. The van der Waals surface area contributed by atoms with Crippen LogP contribution in [-0.2, 0) is 17.9 Å². The average molecular weight is 338 g/mol. The number of nitro groups is 1. The molecule has 0 spiro atoms. The lowest BCUT2D eigenvalue weighted by Crippen LogP contribution is -2.41. The molecule has 0 heterocycles. The van der Waals surface area contributed by atoms with E-state index >= 15 is 0 Å². The summed E-state index contributed by atoms with van der Waals surface area (Å²) in [5.41, 5.74) is 12.7. The Balaban J connectivity index is 2.25. The Bertz CT molecular complexity index is 575. The number of hydrazone groups is 1. The standard InChI is InChI=1S/C14H22N6O4/c15-12(2-1-7-17-14(16)19-20(23)24)13(22)18-8-10-3-5-11(9-21)6-4-10/h3-6,12,21H,1-2,7-9,15H2,(H,18,22)(H3,16,17,19)/t12-/m1/s1. The van der Waals surface area contributed by atoms with Crippen molar-refractivity contribution in [3.8, 4) is 0 Å². The van der Waals surface area contributed by atoms with Crippen molar-refractivity contribution in [2.24, 2.45) is 16.6 Å². The van der Waals surface area contributed by atoms with E-state index in [1.807, 2.05) is 12.1 Å². The number of amides is 1. The average Bonchev–Trinajstić information content (AvgIpc) is 2.56. The van der Waals surface area contributed by atoms with E-state index in [4.69, 9.17) is 16.6 Å². The molecular weight excluding hydrogens is 316 g/mol. The summed E-state index contributed by atoms with van der Waals surface area (Å²) in [4.78, 5) is 22.0. The van der Waals surface area contributed by atoms with Crippen LogP contribution in [0.5, 0.6) is 0 Å². The molecule has 132 valence electrons. The SMILES string of the molecule is NC(=N[N+](=O)[O-])NCCC[C@@H](N)C(=O)NCc1ccc(CO)cc1. The van der Waals surface area contributed by atoms with Crippen LogP contribution in [0.15, 0.2) is 29.4 Å². The molecule has 1 rings (SSSR count). The Kier molecular flexibility index (Phi) is 8.16. The number of hydrogen-bond acceptors (Lipinski definition) is 5. The van der Waals surface area contributed by atoms with E-state index < -0.39 is 11.1 Å². The number of carbonyl (C=O) groups is 1. The molecule has 0 saturated heterocycles. The molecule has 1 aromatic carbocycles. The summed E-state index contributed by atoms with van der Waals surface area (Å²) in [6.45, 7) is 0.647. The van der Waals surface area contributed by atoms with Crippen molar-refractivity contribution < 1.29 is 14.9 Å². The Hall–Kier alpha value is -2.72. The predicted molar refractivity (Wildman–Crippen MR) is 88.0 cm³/mol. The smallest absolute Gasteiger partial charge is 0.266 e. The minimum absolute atomic E-state index is 0.0254. The van der Waals surface area contributed by atoms with Gasteiger partial charge in [-0.1, -0.05) is 24.3 Å². The number of rotatable bonds is 9. The van der Waals surface area contributed by atoms with E-state index in [1.165, 1.54) is 0 Å². The number of hydrogen-bond donors (Lipinski definition) is 5. The van der Waals surface area contributed by atoms with Crippen molar-refractivity contribution in [1.82, 2.24) is 10.6 Å². The maximum absolute atomic E-state index is 11.9. The monoisotopic (exact) mass is 338 g/mol. The Labute approximate surface area is 139 Å². The van der Waals surface area contributed by atoms with Crippen LogP contribution in [0.25, 0.3) is 0 Å². The van der Waals surface area contributed by atoms with Gasteiger partial charge in [-0.3, -0.25) is 4.79 Å². The summed E-state index contributed by atoms with van der Waals surface area (Å²) < 4.78 is 0. The molecule has 0 unspecified atom stereocenters. The van der Waals surface area contributed by atoms with Gasteiger partial charge < -0.3 is 27.2 Å². The maximum Gasteiger partial charge on any atom is 0.266 e. The highest BCUT2D eigenvalue weighted by molar-refractivity contribution is 5.81. The second kappa shape index (κ2) is 10.1. The molecule has 24 heavy (non-hydrogen) atoms. The van der Waals surface area contributed by atoms with Gasteiger partial charge >= 0.3 is 0 Å². The minimum atomic E-state index is -0.894. The van der Waals surface area contributed by atoms with Crippen LogP contribution in [0.3, 0.4) is 0 Å². The van der Waals surface area contributed by atoms with Gasteiger partial charge in [-0.15, -0.1) is 0 Å². The van der Waals surface area contributed by atoms with Gasteiger partial charge in [0.2, 0.25) is 5.91 Å². The fourth-order valence-corrected chi connectivity index (χ4v) is 1.88. The van der Waals surface area contributed by atoms with Gasteiger partial charge in [-0.2, -0.15) is 0 Å².